The molecule has 2 bridgehead atoms. The van der Waals surface area contributed by atoms with E-state index in [1.807, 2.05) is 0 Å². The molecular formula is C17H22O3. The van der Waals surface area contributed by atoms with Crippen LogP contribution in [0.2, 0.25) is 0 Å². The Morgan fingerprint density at radius 1 is 1.10 bits per heavy atom. The Labute approximate surface area is 120 Å². The maximum Gasteiger partial charge on any atom is 0.342 e. The van der Waals surface area contributed by atoms with Crippen LogP contribution in [0, 0.1) is 11.8 Å². The van der Waals surface area contributed by atoms with Crippen LogP contribution in [0.3, 0.4) is 0 Å². The highest BCUT2D eigenvalue weighted by Gasteiger charge is 2.50. The molecule has 0 N–H and O–H groups in total. The second-order valence-corrected chi connectivity index (χ2v) is 6.22. The molecule has 1 heterocycles. The lowest BCUT2D eigenvalue weighted by molar-refractivity contribution is -0.151. The van der Waals surface area contributed by atoms with Gasteiger partial charge in [-0.2, -0.15) is 0 Å². The largest absolute Gasteiger partial charge is 0.386 e. The molecule has 0 saturated heterocycles. The number of unbranched alkanes of at least 4 members (excludes halogenated alkanes) is 2. The third-order valence-corrected chi connectivity index (χ3v) is 4.69. The summed E-state index contributed by atoms with van der Waals surface area (Å²) >= 11 is 0. The SMILES string of the molecule is CCCCC=C1CC1.O=C1OC(=O)C2=C1C1CCC2C1. The molecule has 4 aliphatic rings. The van der Waals surface area contributed by atoms with Crippen molar-refractivity contribution in [2.24, 2.45) is 11.8 Å². The van der Waals surface area contributed by atoms with Gasteiger partial charge in [0.2, 0.25) is 0 Å². The molecule has 4 rings (SSSR count). The van der Waals surface area contributed by atoms with E-state index < -0.39 is 0 Å². The van der Waals surface area contributed by atoms with E-state index in [2.05, 4.69) is 17.7 Å². The summed E-state index contributed by atoms with van der Waals surface area (Å²) < 4.78 is 4.56. The maximum absolute atomic E-state index is 11.2. The zero-order chi connectivity index (χ0) is 14.1. The van der Waals surface area contributed by atoms with Crippen LogP contribution < -0.4 is 0 Å². The van der Waals surface area contributed by atoms with E-state index >= 15 is 0 Å². The molecule has 2 unspecified atom stereocenters. The lowest BCUT2D eigenvalue weighted by Crippen LogP contribution is -2.08. The quantitative estimate of drug-likeness (QED) is 0.341. The lowest BCUT2D eigenvalue weighted by Gasteiger charge is -2.06. The van der Waals surface area contributed by atoms with Gasteiger partial charge in [0.15, 0.2) is 0 Å². The second-order valence-electron chi connectivity index (χ2n) is 6.22. The monoisotopic (exact) mass is 274 g/mol. The molecule has 3 aliphatic carbocycles. The summed E-state index contributed by atoms with van der Waals surface area (Å²) in [5.41, 5.74) is 3.10. The average Bonchev–Trinajstić information content (AvgIpc) is 2.90. The van der Waals surface area contributed by atoms with Crippen molar-refractivity contribution in [3.63, 3.8) is 0 Å². The summed E-state index contributed by atoms with van der Waals surface area (Å²) in [5, 5.41) is 0. The van der Waals surface area contributed by atoms with Crippen LogP contribution in [-0.4, -0.2) is 11.9 Å². The molecule has 0 spiro atoms. The van der Waals surface area contributed by atoms with Crippen LogP contribution in [0.15, 0.2) is 22.8 Å². The number of esters is 2. The van der Waals surface area contributed by atoms with E-state index in [1.165, 1.54) is 32.1 Å². The van der Waals surface area contributed by atoms with Gasteiger partial charge in [0.25, 0.3) is 0 Å². The number of carbonyl (C=O) groups is 2. The Morgan fingerprint density at radius 2 is 1.70 bits per heavy atom. The Bertz CT molecular complexity index is 462. The van der Waals surface area contributed by atoms with Crippen LogP contribution in [0.1, 0.15) is 58.3 Å². The molecule has 0 aromatic rings. The number of fused-ring (bicyclic) bond motifs is 4. The normalized spacial score (nSPS) is 29.1. The first kappa shape index (κ1) is 13.6. The fourth-order valence-corrected chi connectivity index (χ4v) is 3.48. The summed E-state index contributed by atoms with van der Waals surface area (Å²) in [6.07, 6.45) is 12.4. The number of hydrogen-bond acceptors (Lipinski definition) is 3. The average molecular weight is 274 g/mol. The van der Waals surface area contributed by atoms with Gasteiger partial charge in [0, 0.05) is 0 Å². The number of hydrogen-bond donors (Lipinski definition) is 0. The van der Waals surface area contributed by atoms with Crippen LogP contribution in [0.25, 0.3) is 0 Å². The minimum atomic E-state index is -0.373. The Hall–Kier alpha value is -1.38. The van der Waals surface area contributed by atoms with E-state index in [0.717, 1.165) is 19.3 Å². The smallest absolute Gasteiger partial charge is 0.342 e. The highest BCUT2D eigenvalue weighted by Crippen LogP contribution is 2.51. The maximum atomic E-state index is 11.2. The van der Waals surface area contributed by atoms with Gasteiger partial charge in [-0.1, -0.05) is 31.4 Å². The summed E-state index contributed by atoms with van der Waals surface area (Å²) in [5.74, 6) is -0.0719. The lowest BCUT2D eigenvalue weighted by atomic mass is 9.93. The summed E-state index contributed by atoms with van der Waals surface area (Å²) in [7, 11) is 0. The van der Waals surface area contributed by atoms with Crippen LogP contribution in [0.4, 0.5) is 0 Å². The van der Waals surface area contributed by atoms with E-state index in [0.29, 0.717) is 23.0 Å². The minimum absolute atomic E-state index is 0.337. The fraction of sp³-hybridized carbons (Fsp3) is 0.647. The van der Waals surface area contributed by atoms with Crippen molar-refractivity contribution in [3.05, 3.63) is 22.8 Å². The zero-order valence-corrected chi connectivity index (χ0v) is 12.1. The van der Waals surface area contributed by atoms with E-state index in [9.17, 15) is 9.59 Å². The first-order chi connectivity index (χ1) is 9.70. The molecule has 0 amide bonds. The van der Waals surface area contributed by atoms with Crippen molar-refractivity contribution >= 4 is 11.9 Å². The third kappa shape index (κ3) is 2.58. The highest BCUT2D eigenvalue weighted by atomic mass is 16.6. The number of carbonyl (C=O) groups excluding carboxylic acids is 2. The molecule has 2 saturated carbocycles. The molecular weight excluding hydrogens is 252 g/mol. The Kier molecular flexibility index (Phi) is 3.77. The highest BCUT2D eigenvalue weighted by molar-refractivity contribution is 6.13. The van der Waals surface area contributed by atoms with Gasteiger partial charge in [-0.3, -0.25) is 0 Å². The Balaban J connectivity index is 0.000000133. The van der Waals surface area contributed by atoms with Gasteiger partial charge in [-0.05, 0) is 50.4 Å². The molecule has 3 heteroatoms. The molecule has 3 nitrogen and oxygen atoms in total. The van der Waals surface area contributed by atoms with Crippen molar-refractivity contribution in [2.75, 3.05) is 0 Å². The predicted octanol–water partition coefficient (Wildman–Crippen LogP) is 3.69. The van der Waals surface area contributed by atoms with Crippen LogP contribution >= 0.6 is 0 Å². The minimum Gasteiger partial charge on any atom is -0.386 e. The van der Waals surface area contributed by atoms with E-state index in [-0.39, 0.29) is 11.9 Å². The Morgan fingerprint density at radius 3 is 2.20 bits per heavy atom. The van der Waals surface area contributed by atoms with Gasteiger partial charge in [0.05, 0.1) is 11.1 Å². The fourth-order valence-electron chi connectivity index (χ4n) is 3.48. The van der Waals surface area contributed by atoms with Crippen molar-refractivity contribution in [1.82, 2.24) is 0 Å². The van der Waals surface area contributed by atoms with Gasteiger partial charge < -0.3 is 4.74 Å². The van der Waals surface area contributed by atoms with Crippen molar-refractivity contribution < 1.29 is 14.3 Å². The summed E-state index contributed by atoms with van der Waals surface area (Å²) in [6.45, 7) is 2.24. The standard InChI is InChI=1S/C9H8O3.C8H14/c10-8-6-4-1-2-5(3-4)7(6)9(11)12-8;1-2-3-4-5-8-6-7-8/h4-5H,1-3H2;5H,2-4,6-7H2,1H3. The first-order valence-electron chi connectivity index (χ1n) is 7.89. The molecule has 2 atom stereocenters. The van der Waals surface area contributed by atoms with Gasteiger partial charge >= 0.3 is 11.9 Å². The number of ether oxygens (including phenoxy) is 1. The summed E-state index contributed by atoms with van der Waals surface area (Å²) in [6, 6.07) is 0. The topological polar surface area (TPSA) is 43.4 Å². The van der Waals surface area contributed by atoms with E-state index in [4.69, 9.17) is 0 Å². The molecule has 2 fully saturated rings. The molecule has 1 aliphatic heterocycles. The van der Waals surface area contributed by atoms with Gasteiger partial charge in [0.1, 0.15) is 0 Å². The van der Waals surface area contributed by atoms with Gasteiger partial charge in [-0.15, -0.1) is 0 Å². The van der Waals surface area contributed by atoms with Crippen molar-refractivity contribution in [3.8, 4) is 0 Å². The van der Waals surface area contributed by atoms with Crippen LogP contribution in [-0.2, 0) is 14.3 Å². The molecule has 0 radical (unpaired) electrons. The van der Waals surface area contributed by atoms with Crippen molar-refractivity contribution in [1.29, 1.82) is 0 Å². The zero-order valence-electron chi connectivity index (χ0n) is 12.1. The van der Waals surface area contributed by atoms with E-state index in [1.54, 1.807) is 5.57 Å². The van der Waals surface area contributed by atoms with Gasteiger partial charge in [-0.25, -0.2) is 9.59 Å². The third-order valence-electron chi connectivity index (χ3n) is 4.69. The number of rotatable bonds is 3. The van der Waals surface area contributed by atoms with Crippen molar-refractivity contribution in [2.45, 2.75) is 58.3 Å². The molecule has 20 heavy (non-hydrogen) atoms. The summed E-state index contributed by atoms with van der Waals surface area (Å²) in [4.78, 5) is 22.3. The second kappa shape index (κ2) is 5.55. The van der Waals surface area contributed by atoms with Crippen LogP contribution in [0.5, 0.6) is 0 Å². The predicted molar refractivity (Wildman–Crippen MR) is 75.8 cm³/mol. The number of cyclic esters (lactones) is 2. The molecule has 0 aromatic heterocycles. The molecule has 0 aromatic carbocycles. The number of allylic oxidation sites excluding steroid dienone is 2. The molecule has 108 valence electrons. The first-order valence-corrected chi connectivity index (χ1v) is 7.89.